The van der Waals surface area contributed by atoms with Gasteiger partial charge in [-0.1, -0.05) is 17.7 Å². The number of esters is 1. The number of nitrogens with one attached hydrogen (secondary N) is 2. The minimum Gasteiger partial charge on any atom is -0.462 e. The predicted octanol–water partition coefficient (Wildman–Crippen LogP) is 1.63. The Bertz CT molecular complexity index is 1340. The summed E-state index contributed by atoms with van der Waals surface area (Å²) < 4.78 is 4.98. The van der Waals surface area contributed by atoms with Gasteiger partial charge in [-0.25, -0.2) is 9.69 Å². The van der Waals surface area contributed by atoms with Gasteiger partial charge in [-0.15, -0.1) is 0 Å². The van der Waals surface area contributed by atoms with Crippen molar-refractivity contribution in [1.82, 2.24) is 5.32 Å². The van der Waals surface area contributed by atoms with E-state index in [4.69, 9.17) is 22.1 Å². The van der Waals surface area contributed by atoms with E-state index < -0.39 is 53.0 Å². The van der Waals surface area contributed by atoms with Crippen LogP contribution in [0.2, 0.25) is 5.02 Å². The molecule has 0 unspecified atom stereocenters. The topological polar surface area (TPSA) is 148 Å². The number of fused-ring (bicyclic) bond motifs is 4. The molecule has 2 aromatic carbocycles. The second kappa shape index (κ2) is 8.42. The Morgan fingerprint density at radius 1 is 1.11 bits per heavy atom. The highest BCUT2D eigenvalue weighted by atomic mass is 35.5. The molecule has 11 heteroatoms. The molecule has 2 aromatic rings. The maximum Gasteiger partial charge on any atom is 0.338 e. The van der Waals surface area contributed by atoms with Gasteiger partial charge in [0.15, 0.2) is 0 Å². The molecule has 5 rings (SSSR count). The zero-order valence-electron chi connectivity index (χ0n) is 19.5. The maximum atomic E-state index is 13.9. The van der Waals surface area contributed by atoms with Crippen LogP contribution in [0.15, 0.2) is 36.4 Å². The van der Waals surface area contributed by atoms with Crippen molar-refractivity contribution in [1.29, 1.82) is 0 Å². The molecule has 2 fully saturated rings. The monoisotopic (exact) mass is 510 g/mol. The predicted molar refractivity (Wildman–Crippen MR) is 129 cm³/mol. The molecule has 0 radical (unpaired) electrons. The first kappa shape index (κ1) is 24.0. The lowest BCUT2D eigenvalue weighted by atomic mass is 9.76. The Balaban J connectivity index is 1.60. The van der Waals surface area contributed by atoms with Crippen LogP contribution in [0, 0.1) is 18.8 Å². The molecule has 10 nitrogen and oxygen atoms in total. The standard InChI is InChI=1S/C25H23ClN4O6/c1-3-36-23(34)12-4-6-13(7-5-12)30-21(32)18-16(10-17(27)31)29-25(19(18)22(30)33)14-8-9-15(26)11(2)20(14)28-24(25)35/h4-9,16,18-19,29H,3,10H2,1-2H3,(H2,27,31)(H,28,35)/t16-,18+,19-,25-/m0/s1. The summed E-state index contributed by atoms with van der Waals surface area (Å²) in [6.07, 6.45) is -0.243. The quantitative estimate of drug-likeness (QED) is 0.409. The first-order chi connectivity index (χ1) is 17.1. The van der Waals surface area contributed by atoms with E-state index in [1.54, 1.807) is 26.0 Å². The molecule has 4 amide bonds. The van der Waals surface area contributed by atoms with Crippen LogP contribution in [0.1, 0.15) is 34.8 Å². The van der Waals surface area contributed by atoms with Gasteiger partial charge >= 0.3 is 5.97 Å². The zero-order chi connectivity index (χ0) is 25.9. The molecule has 0 bridgehead atoms. The van der Waals surface area contributed by atoms with Crippen molar-refractivity contribution in [3.05, 3.63) is 58.1 Å². The van der Waals surface area contributed by atoms with Gasteiger partial charge in [0.2, 0.25) is 23.6 Å². The molecule has 0 aromatic heterocycles. The van der Waals surface area contributed by atoms with Gasteiger partial charge in [-0.05, 0) is 49.7 Å². The van der Waals surface area contributed by atoms with Crippen molar-refractivity contribution in [2.45, 2.75) is 31.8 Å². The fourth-order valence-electron chi connectivity index (χ4n) is 5.60. The molecule has 2 saturated heterocycles. The van der Waals surface area contributed by atoms with Crippen molar-refractivity contribution < 1.29 is 28.7 Å². The number of imide groups is 1. The number of anilines is 2. The third kappa shape index (κ3) is 3.25. The summed E-state index contributed by atoms with van der Waals surface area (Å²) in [7, 11) is 0. The van der Waals surface area contributed by atoms with Crippen molar-refractivity contribution in [2.75, 3.05) is 16.8 Å². The minimum atomic E-state index is -1.58. The Hall–Kier alpha value is -3.76. The summed E-state index contributed by atoms with van der Waals surface area (Å²) in [5.74, 6) is -5.00. The van der Waals surface area contributed by atoms with E-state index >= 15 is 0 Å². The van der Waals surface area contributed by atoms with E-state index in [9.17, 15) is 24.0 Å². The van der Waals surface area contributed by atoms with Crippen LogP contribution in [-0.4, -0.2) is 42.2 Å². The van der Waals surface area contributed by atoms with Gasteiger partial charge in [0, 0.05) is 23.0 Å². The summed E-state index contributed by atoms with van der Waals surface area (Å²) in [5, 5.41) is 6.39. The number of hydrogen-bond acceptors (Lipinski definition) is 7. The number of carbonyl (C=O) groups is 5. The van der Waals surface area contributed by atoms with Crippen LogP contribution < -0.4 is 21.3 Å². The number of hydrogen-bond donors (Lipinski definition) is 3. The summed E-state index contributed by atoms with van der Waals surface area (Å²) in [6.45, 7) is 3.64. The van der Waals surface area contributed by atoms with Gasteiger partial charge in [-0.3, -0.25) is 24.5 Å². The van der Waals surface area contributed by atoms with Crippen molar-refractivity contribution in [3.8, 4) is 0 Å². The van der Waals surface area contributed by atoms with E-state index in [0.29, 0.717) is 21.8 Å². The van der Waals surface area contributed by atoms with Crippen LogP contribution in [0.5, 0.6) is 0 Å². The molecule has 3 aliphatic rings. The number of nitrogens with zero attached hydrogens (tertiary/aromatic N) is 1. The van der Waals surface area contributed by atoms with Crippen LogP contribution in [-0.2, 0) is 29.5 Å². The van der Waals surface area contributed by atoms with Gasteiger partial charge < -0.3 is 15.8 Å². The molecule has 1 spiro atoms. The van der Waals surface area contributed by atoms with Crippen LogP contribution in [0.25, 0.3) is 0 Å². The fourth-order valence-corrected chi connectivity index (χ4v) is 5.75. The zero-order valence-corrected chi connectivity index (χ0v) is 20.2. The molecule has 4 atom stereocenters. The molecule has 3 heterocycles. The Kier molecular flexibility index (Phi) is 5.60. The Morgan fingerprint density at radius 3 is 2.44 bits per heavy atom. The second-order valence-corrected chi connectivity index (χ2v) is 9.47. The second-order valence-electron chi connectivity index (χ2n) is 9.06. The molecule has 186 valence electrons. The van der Waals surface area contributed by atoms with Gasteiger partial charge in [0.1, 0.15) is 5.54 Å². The number of nitrogens with two attached hydrogens (primary N) is 1. The lowest BCUT2D eigenvalue weighted by Gasteiger charge is -2.29. The number of halogens is 1. The van der Waals surface area contributed by atoms with Crippen LogP contribution in [0.4, 0.5) is 11.4 Å². The molecule has 36 heavy (non-hydrogen) atoms. The SMILES string of the molecule is CCOC(=O)c1ccc(N2C(=O)[C@@H]3[C@H](CC(N)=O)N[C@]4(C(=O)Nc5c4ccc(Cl)c5C)[C@@H]3C2=O)cc1. The summed E-state index contributed by atoms with van der Waals surface area (Å²) >= 11 is 6.26. The average molecular weight is 511 g/mol. The molecule has 3 aliphatic heterocycles. The number of carbonyl (C=O) groups excluding carboxylic acids is 5. The van der Waals surface area contributed by atoms with E-state index in [0.717, 1.165) is 4.90 Å². The highest BCUT2D eigenvalue weighted by Gasteiger charge is 2.70. The smallest absolute Gasteiger partial charge is 0.338 e. The largest absolute Gasteiger partial charge is 0.462 e. The number of amides is 4. The van der Waals surface area contributed by atoms with Crippen molar-refractivity contribution in [3.63, 3.8) is 0 Å². The van der Waals surface area contributed by atoms with Gasteiger partial charge in [0.05, 0.1) is 35.4 Å². The Morgan fingerprint density at radius 2 is 1.81 bits per heavy atom. The molecule has 4 N–H and O–H groups in total. The van der Waals surface area contributed by atoms with Crippen LogP contribution >= 0.6 is 11.6 Å². The summed E-state index contributed by atoms with van der Waals surface area (Å²) in [4.78, 5) is 65.9. The Labute approximate surface area is 211 Å². The maximum absolute atomic E-state index is 13.9. The molecular weight excluding hydrogens is 488 g/mol. The average Bonchev–Trinajstić information content (AvgIpc) is 3.41. The first-order valence-electron chi connectivity index (χ1n) is 11.4. The fraction of sp³-hybridized carbons (Fsp3) is 0.320. The number of ether oxygens (including phenoxy) is 1. The highest BCUT2D eigenvalue weighted by Crippen LogP contribution is 2.55. The van der Waals surface area contributed by atoms with Crippen molar-refractivity contribution in [2.24, 2.45) is 17.6 Å². The van der Waals surface area contributed by atoms with E-state index in [1.165, 1.54) is 24.3 Å². The van der Waals surface area contributed by atoms with Gasteiger partial charge in [0.25, 0.3) is 0 Å². The lowest BCUT2D eigenvalue weighted by molar-refractivity contribution is -0.130. The number of rotatable bonds is 5. The molecule has 0 saturated carbocycles. The highest BCUT2D eigenvalue weighted by molar-refractivity contribution is 6.32. The number of primary amides is 1. The minimum absolute atomic E-state index is 0.206. The first-order valence-corrected chi connectivity index (χ1v) is 11.8. The number of benzene rings is 2. The third-order valence-electron chi connectivity index (χ3n) is 7.14. The van der Waals surface area contributed by atoms with E-state index in [1.807, 2.05) is 0 Å². The molecular formula is C25H23ClN4O6. The third-order valence-corrected chi connectivity index (χ3v) is 7.55. The lowest BCUT2D eigenvalue weighted by Crippen LogP contribution is -2.53. The van der Waals surface area contributed by atoms with E-state index in [2.05, 4.69) is 10.6 Å². The summed E-state index contributed by atoms with van der Waals surface area (Å²) in [6, 6.07) is 8.29. The summed E-state index contributed by atoms with van der Waals surface area (Å²) in [5.41, 5.74) is 5.96. The van der Waals surface area contributed by atoms with Gasteiger partial charge in [-0.2, -0.15) is 0 Å². The normalized spacial score (nSPS) is 26.2. The molecule has 0 aliphatic carbocycles. The van der Waals surface area contributed by atoms with Crippen LogP contribution in [0.3, 0.4) is 0 Å². The van der Waals surface area contributed by atoms with Crippen molar-refractivity contribution >= 4 is 52.6 Å². The van der Waals surface area contributed by atoms with E-state index in [-0.39, 0.29) is 24.3 Å².